The van der Waals surface area contributed by atoms with E-state index in [9.17, 15) is 0 Å². The Morgan fingerprint density at radius 1 is 0.466 bits per heavy atom. The van der Waals surface area contributed by atoms with Crippen LogP contribution < -0.4 is 6.64 Å². The zero-order valence-electron chi connectivity index (χ0n) is 37.1. The van der Waals surface area contributed by atoms with Crippen molar-refractivity contribution < 1.29 is 41.9 Å². The number of halogens is 2. The molecule has 0 heterocycles. The van der Waals surface area contributed by atoms with Crippen LogP contribution >= 0.6 is 24.8 Å². The monoisotopic (exact) mass is 1140 g/mol. The molecule has 8 rings (SSSR count). The maximum Gasteiger partial charge on any atom is -0.147 e. The molecule has 4 aliphatic rings. The Labute approximate surface area is 379 Å². The van der Waals surface area contributed by atoms with Crippen LogP contribution in [0.5, 0.6) is 0 Å². The van der Waals surface area contributed by atoms with Gasteiger partial charge in [0.25, 0.3) is 0 Å². The quantitative estimate of drug-likeness (QED) is 0.133. The Morgan fingerprint density at radius 3 is 1.10 bits per heavy atom. The minimum absolute atomic E-state index is 0. The van der Waals surface area contributed by atoms with Crippen molar-refractivity contribution in [2.24, 2.45) is 35.5 Å². The third kappa shape index (κ3) is 8.94. The van der Waals surface area contributed by atoms with Gasteiger partial charge in [-0.3, -0.25) is 0 Å². The molecule has 0 bridgehead atoms. The van der Waals surface area contributed by atoms with E-state index in [4.69, 9.17) is 0 Å². The van der Waals surface area contributed by atoms with Crippen LogP contribution in [-0.2, 0) is 54.8 Å². The molecule has 4 heteroatoms. The first-order valence-corrected chi connectivity index (χ1v) is 32.3. The van der Waals surface area contributed by atoms with Gasteiger partial charge in [0.15, 0.2) is 0 Å². The summed E-state index contributed by atoms with van der Waals surface area (Å²) in [4.78, 5) is 0. The molecule has 0 saturated carbocycles. The molecule has 0 saturated heterocycles. The van der Waals surface area contributed by atoms with Gasteiger partial charge in [-0.05, 0) is 0 Å². The first kappa shape index (κ1) is 47.0. The summed E-state index contributed by atoms with van der Waals surface area (Å²) >= 11 is -4.83. The van der Waals surface area contributed by atoms with Gasteiger partial charge >= 0.3 is 358 Å². The average Bonchev–Trinajstić information content (AvgIpc) is 3.91. The zero-order valence-corrected chi connectivity index (χ0v) is 45.9. The van der Waals surface area contributed by atoms with Gasteiger partial charge in [0, 0.05) is 0 Å². The van der Waals surface area contributed by atoms with Crippen molar-refractivity contribution >= 4 is 38.0 Å². The van der Waals surface area contributed by atoms with E-state index < -0.39 is 41.9 Å². The Bertz CT molecular complexity index is 2190. The van der Waals surface area contributed by atoms with E-state index in [1.54, 1.807) is 28.9 Å². The summed E-state index contributed by atoms with van der Waals surface area (Å²) in [5.74, 6) is 3.86. The third-order valence-corrected chi connectivity index (χ3v) is 42.5. The molecule has 0 aromatic heterocycles. The molecule has 0 fully saturated rings. The standard InChI is InChI=1S/2C13H9.2C7H9.2C7H14.2ClH.2Hf/c2*1-3-7-12-10(5-1)9-11-6-2-4-8-13(11)12;2*1-6-3-4-7(2)5-6;2*1-6(2)5-7(3)4;;;;/h2*1-5,7-8H,9H2;2*3-4,6H,1-2H3;2*6-7H,1-4H3;2*1H;;. The minimum Gasteiger partial charge on any atom is -0.147 e. The van der Waals surface area contributed by atoms with Gasteiger partial charge in [0.1, 0.15) is 0 Å². The number of fused-ring (bicyclic) bond motifs is 6. The number of allylic oxidation sites excluding steroid dienone is 8. The summed E-state index contributed by atoms with van der Waals surface area (Å²) in [6.07, 6.45) is 11.9. The smallest absolute Gasteiger partial charge is 0.147 e. The molecule has 4 aromatic rings. The maximum atomic E-state index is 2.50. The van der Waals surface area contributed by atoms with Crippen LogP contribution in [0.25, 0.3) is 22.3 Å². The van der Waals surface area contributed by atoms with Gasteiger partial charge in [0.05, 0.1) is 0 Å². The molecule has 0 aliphatic heterocycles. The summed E-state index contributed by atoms with van der Waals surface area (Å²) in [6.45, 7) is 29.0. The fourth-order valence-electron chi connectivity index (χ4n) is 10.7. The van der Waals surface area contributed by atoms with E-state index >= 15 is 0 Å². The molecule has 304 valence electrons. The van der Waals surface area contributed by atoms with Crippen LogP contribution in [0.3, 0.4) is 0 Å². The van der Waals surface area contributed by atoms with Crippen LogP contribution in [0.1, 0.15) is 105 Å². The van der Waals surface area contributed by atoms with Gasteiger partial charge in [0.2, 0.25) is 0 Å². The molecule has 0 N–H and O–H groups in total. The second-order valence-electron chi connectivity index (χ2n) is 18.1. The van der Waals surface area contributed by atoms with E-state index in [1.165, 1.54) is 33.4 Å². The van der Waals surface area contributed by atoms with Crippen molar-refractivity contribution in [1.29, 1.82) is 0 Å². The average molecular weight is 1140 g/mol. The van der Waals surface area contributed by atoms with Gasteiger partial charge in [-0.15, -0.1) is 24.8 Å². The number of rotatable bonds is 8. The molecule has 0 spiro atoms. The van der Waals surface area contributed by atoms with E-state index in [0.29, 0.717) is 35.5 Å². The first-order chi connectivity index (χ1) is 26.8. The van der Waals surface area contributed by atoms with Crippen LogP contribution in [0.4, 0.5) is 0 Å². The molecule has 58 heavy (non-hydrogen) atoms. The molecule has 4 aromatic carbocycles. The maximum absolute atomic E-state index is 2.50. The number of benzene rings is 4. The Balaban J connectivity index is 0.000000214. The molecule has 4 aliphatic carbocycles. The summed E-state index contributed by atoms with van der Waals surface area (Å²) < 4.78 is 10.9. The fourth-order valence-corrected chi connectivity index (χ4v) is 38.6. The first-order valence-electron chi connectivity index (χ1n) is 21.5. The molecule has 0 radical (unpaired) electrons. The molecule has 0 amide bonds. The summed E-state index contributed by atoms with van der Waals surface area (Å²) in [6, 6.07) is 32.4. The van der Waals surface area contributed by atoms with Crippen molar-refractivity contribution in [3.8, 4) is 22.3 Å². The summed E-state index contributed by atoms with van der Waals surface area (Å²) in [5, 5.41) is 0. The van der Waals surface area contributed by atoms with Crippen LogP contribution in [0, 0.1) is 35.5 Å². The SMILES string of the molecule is CC1=[C]([Hf](=[C](C(C)C)C(C)C)[c]2cccc3c2Cc2ccccc2-3)C(C)C=C1.CC1=[C]([Hf](=[C](C(C)C)C(C)C)[c]2cccc3c2Cc2ccccc2-3)C(C)C=C1.Cl.Cl. The van der Waals surface area contributed by atoms with Crippen molar-refractivity contribution in [2.75, 3.05) is 0 Å². The van der Waals surface area contributed by atoms with Crippen molar-refractivity contribution in [1.82, 2.24) is 0 Å². The van der Waals surface area contributed by atoms with E-state index in [-0.39, 0.29) is 24.8 Å². The summed E-state index contributed by atoms with van der Waals surface area (Å²) in [7, 11) is 0. The predicted octanol–water partition coefficient (Wildman–Crippen LogP) is 13.8. The molecular formula is C54H66Cl2Hf2. The summed E-state index contributed by atoms with van der Waals surface area (Å²) in [5.41, 5.74) is 15.3. The fraction of sp³-hybridized carbons (Fsp3) is 0.370. The third-order valence-electron chi connectivity index (χ3n) is 12.9. The van der Waals surface area contributed by atoms with Crippen molar-refractivity contribution in [3.05, 3.63) is 149 Å². The van der Waals surface area contributed by atoms with Gasteiger partial charge in [-0.1, -0.05) is 0 Å². The van der Waals surface area contributed by atoms with E-state index in [2.05, 4.69) is 192 Å². The number of hydrogen-bond acceptors (Lipinski definition) is 0. The van der Waals surface area contributed by atoms with Crippen LogP contribution in [0.15, 0.2) is 127 Å². The van der Waals surface area contributed by atoms with E-state index in [1.807, 2.05) is 13.2 Å². The van der Waals surface area contributed by atoms with Crippen LogP contribution in [0.2, 0.25) is 0 Å². The predicted molar refractivity (Wildman–Crippen MR) is 255 cm³/mol. The molecule has 2 atom stereocenters. The number of hydrogen-bond donors (Lipinski definition) is 0. The topological polar surface area (TPSA) is 0 Å². The van der Waals surface area contributed by atoms with Crippen LogP contribution in [-0.4, -0.2) is 6.51 Å². The van der Waals surface area contributed by atoms with E-state index in [0.717, 1.165) is 12.8 Å². The Hall–Kier alpha value is -2.10. The Morgan fingerprint density at radius 2 is 0.793 bits per heavy atom. The largest absolute Gasteiger partial charge is 0.147 e. The second-order valence-corrected chi connectivity index (χ2v) is 35.4. The molecule has 2 unspecified atom stereocenters. The van der Waals surface area contributed by atoms with Gasteiger partial charge in [-0.25, -0.2) is 0 Å². The molecular weight excluding hydrogens is 1080 g/mol. The molecule has 0 nitrogen and oxygen atoms in total. The minimum atomic E-state index is -2.42. The zero-order chi connectivity index (χ0) is 40.0. The van der Waals surface area contributed by atoms with Gasteiger partial charge in [-0.2, -0.15) is 0 Å². The second kappa shape index (κ2) is 19.7. The van der Waals surface area contributed by atoms with Gasteiger partial charge < -0.3 is 0 Å². The Kier molecular flexibility index (Phi) is 16.0. The van der Waals surface area contributed by atoms with Crippen molar-refractivity contribution in [3.63, 3.8) is 0 Å². The van der Waals surface area contributed by atoms with Crippen molar-refractivity contribution in [2.45, 2.75) is 95.9 Å². The normalized spacial score (nSPS) is 16.9.